The van der Waals surface area contributed by atoms with Crippen LogP contribution in [-0.2, 0) is 7.05 Å². The molecule has 2 aromatic heterocycles. The van der Waals surface area contributed by atoms with E-state index in [9.17, 15) is 14.0 Å². The Hall–Kier alpha value is -3.49. The molecule has 1 aromatic carbocycles. The van der Waals surface area contributed by atoms with E-state index in [1.807, 2.05) is 13.2 Å². The fraction of sp³-hybridized carbons (Fsp3) is 0.364. The number of benzene rings is 1. The molecule has 1 atom stereocenters. The molecule has 1 N–H and O–H groups in total. The lowest BCUT2D eigenvalue weighted by molar-refractivity contribution is 0.0448. The molecule has 0 spiro atoms. The second kappa shape index (κ2) is 7.64. The Morgan fingerprint density at radius 3 is 2.81 bits per heavy atom. The third kappa shape index (κ3) is 3.71. The van der Waals surface area contributed by atoms with E-state index < -0.39 is 5.82 Å². The largest absolute Gasteiger partial charge is 0.489 e. The lowest BCUT2D eigenvalue weighted by Crippen LogP contribution is -2.44. The number of amides is 1. The lowest BCUT2D eigenvalue weighted by atomic mass is 9.86. The van der Waals surface area contributed by atoms with Crippen LogP contribution in [-0.4, -0.2) is 55.8 Å². The van der Waals surface area contributed by atoms with E-state index in [1.54, 1.807) is 21.8 Å². The SMILES string of the molecule is Cn1cc(-c2cc(C(=O)N3CCC([C@@H]4CC(=O)c5cc(F)ccc5O4)CC3)[nH]n2)cn1. The first-order valence-corrected chi connectivity index (χ1v) is 10.3. The number of ketones is 1. The van der Waals surface area contributed by atoms with Crippen molar-refractivity contribution in [3.8, 4) is 17.0 Å². The van der Waals surface area contributed by atoms with E-state index >= 15 is 0 Å². The summed E-state index contributed by atoms with van der Waals surface area (Å²) in [6.07, 6.45) is 5.02. The Balaban J connectivity index is 1.22. The number of hydrogen-bond acceptors (Lipinski definition) is 5. The third-order valence-electron chi connectivity index (χ3n) is 6.07. The first-order valence-electron chi connectivity index (χ1n) is 10.3. The molecule has 9 heteroatoms. The van der Waals surface area contributed by atoms with Gasteiger partial charge in [0.1, 0.15) is 23.4 Å². The van der Waals surface area contributed by atoms with E-state index in [2.05, 4.69) is 15.3 Å². The van der Waals surface area contributed by atoms with E-state index in [1.165, 1.54) is 18.2 Å². The minimum Gasteiger partial charge on any atom is -0.489 e. The van der Waals surface area contributed by atoms with Gasteiger partial charge in [-0.1, -0.05) is 0 Å². The number of likely N-dealkylation sites (tertiary alicyclic amines) is 1. The van der Waals surface area contributed by atoms with Crippen molar-refractivity contribution < 1.29 is 18.7 Å². The van der Waals surface area contributed by atoms with Gasteiger partial charge in [-0.3, -0.25) is 19.4 Å². The van der Waals surface area contributed by atoms with E-state index in [0.29, 0.717) is 35.8 Å². The molecule has 2 aliphatic rings. The standard InChI is InChI=1S/C22H22FN5O3/c1-27-12-14(11-24-27)17-9-18(26-25-17)22(30)28-6-4-13(5-7-28)21-10-19(29)16-8-15(23)2-3-20(16)31-21/h2-3,8-9,11-13,21H,4-7,10H2,1H3,(H,25,26)/t21-/m0/s1. The summed E-state index contributed by atoms with van der Waals surface area (Å²) >= 11 is 0. The number of aromatic nitrogens is 4. The number of aryl methyl sites for hydroxylation is 1. The van der Waals surface area contributed by atoms with Gasteiger partial charge < -0.3 is 9.64 Å². The maximum atomic E-state index is 13.4. The van der Waals surface area contributed by atoms with Crippen LogP contribution in [0.4, 0.5) is 4.39 Å². The van der Waals surface area contributed by atoms with Gasteiger partial charge in [0.05, 0.1) is 17.5 Å². The molecule has 8 nitrogen and oxygen atoms in total. The Morgan fingerprint density at radius 1 is 1.26 bits per heavy atom. The van der Waals surface area contributed by atoms with Gasteiger partial charge >= 0.3 is 0 Å². The summed E-state index contributed by atoms with van der Waals surface area (Å²) in [6, 6.07) is 5.80. The topological polar surface area (TPSA) is 93.1 Å². The predicted molar refractivity (Wildman–Crippen MR) is 109 cm³/mol. The number of rotatable bonds is 3. The first kappa shape index (κ1) is 19.5. The summed E-state index contributed by atoms with van der Waals surface area (Å²) in [5, 5.41) is 11.2. The number of piperidine rings is 1. The van der Waals surface area contributed by atoms with Crippen molar-refractivity contribution in [1.29, 1.82) is 0 Å². The molecule has 0 bridgehead atoms. The molecule has 4 heterocycles. The maximum absolute atomic E-state index is 13.4. The molecular weight excluding hydrogens is 401 g/mol. The van der Waals surface area contributed by atoms with Gasteiger partial charge in [-0.25, -0.2) is 4.39 Å². The number of nitrogens with one attached hydrogen (secondary N) is 1. The third-order valence-corrected chi connectivity index (χ3v) is 6.07. The molecule has 0 unspecified atom stereocenters. The number of Topliss-reactive ketones (excluding diaryl/α,β-unsaturated/α-hetero) is 1. The molecule has 31 heavy (non-hydrogen) atoms. The number of fused-ring (bicyclic) bond motifs is 1. The molecule has 0 saturated carbocycles. The smallest absolute Gasteiger partial charge is 0.271 e. The van der Waals surface area contributed by atoms with E-state index in [4.69, 9.17) is 4.74 Å². The van der Waals surface area contributed by atoms with Crippen molar-refractivity contribution in [2.45, 2.75) is 25.4 Å². The van der Waals surface area contributed by atoms with Gasteiger partial charge in [0.2, 0.25) is 0 Å². The van der Waals surface area contributed by atoms with Crippen LogP contribution in [0.2, 0.25) is 0 Å². The summed E-state index contributed by atoms with van der Waals surface area (Å²) in [7, 11) is 1.83. The summed E-state index contributed by atoms with van der Waals surface area (Å²) in [4.78, 5) is 27.1. The van der Waals surface area contributed by atoms with E-state index in [-0.39, 0.29) is 30.1 Å². The molecule has 5 rings (SSSR count). The highest BCUT2D eigenvalue weighted by molar-refractivity contribution is 6.00. The fourth-order valence-electron chi connectivity index (χ4n) is 4.36. The van der Waals surface area contributed by atoms with Crippen molar-refractivity contribution in [2.75, 3.05) is 13.1 Å². The number of carbonyl (C=O) groups excluding carboxylic acids is 2. The van der Waals surface area contributed by atoms with Gasteiger partial charge in [0, 0.05) is 38.3 Å². The van der Waals surface area contributed by atoms with Crippen molar-refractivity contribution in [2.24, 2.45) is 13.0 Å². The molecule has 0 aliphatic carbocycles. The average Bonchev–Trinajstić information content (AvgIpc) is 3.43. The Morgan fingerprint density at radius 2 is 2.06 bits per heavy atom. The van der Waals surface area contributed by atoms with Crippen molar-refractivity contribution in [1.82, 2.24) is 24.9 Å². The Bertz CT molecular complexity index is 1150. The highest BCUT2D eigenvalue weighted by atomic mass is 19.1. The number of nitrogens with zero attached hydrogens (tertiary/aromatic N) is 4. The van der Waals surface area contributed by atoms with Crippen molar-refractivity contribution in [3.63, 3.8) is 0 Å². The highest BCUT2D eigenvalue weighted by Crippen LogP contribution is 2.34. The molecule has 2 aliphatic heterocycles. The number of aromatic amines is 1. The van der Waals surface area contributed by atoms with Gasteiger partial charge in [-0.2, -0.15) is 10.2 Å². The second-order valence-corrected chi connectivity index (χ2v) is 8.12. The zero-order chi connectivity index (χ0) is 21.5. The average molecular weight is 423 g/mol. The zero-order valence-corrected chi connectivity index (χ0v) is 17.0. The number of ether oxygens (including phenoxy) is 1. The predicted octanol–water partition coefficient (Wildman–Crippen LogP) is 2.84. The number of hydrogen-bond donors (Lipinski definition) is 1. The molecule has 160 valence electrons. The second-order valence-electron chi connectivity index (χ2n) is 8.12. The summed E-state index contributed by atoms with van der Waals surface area (Å²) in [5.74, 6) is -0.0147. The maximum Gasteiger partial charge on any atom is 0.271 e. The number of halogens is 1. The summed E-state index contributed by atoms with van der Waals surface area (Å²) in [6.45, 7) is 1.16. The van der Waals surface area contributed by atoms with Gasteiger partial charge in [0.15, 0.2) is 5.78 Å². The van der Waals surface area contributed by atoms with Gasteiger partial charge in [0.25, 0.3) is 5.91 Å². The Labute approximate surface area is 178 Å². The monoisotopic (exact) mass is 423 g/mol. The van der Waals surface area contributed by atoms with E-state index in [0.717, 1.165) is 18.4 Å². The van der Waals surface area contributed by atoms with Crippen LogP contribution >= 0.6 is 0 Å². The number of carbonyl (C=O) groups is 2. The van der Waals surface area contributed by atoms with Gasteiger partial charge in [-0.05, 0) is 43.0 Å². The highest BCUT2D eigenvalue weighted by Gasteiger charge is 2.35. The minimum absolute atomic E-state index is 0.0929. The van der Waals surface area contributed by atoms with Crippen LogP contribution in [0.25, 0.3) is 11.3 Å². The summed E-state index contributed by atoms with van der Waals surface area (Å²) in [5.41, 5.74) is 2.27. The molecule has 3 aromatic rings. The fourth-order valence-corrected chi connectivity index (χ4v) is 4.36. The molecule has 1 saturated heterocycles. The van der Waals surface area contributed by atoms with Crippen LogP contribution in [0.1, 0.15) is 40.1 Å². The Kier molecular flexibility index (Phi) is 4.80. The van der Waals surface area contributed by atoms with Crippen LogP contribution < -0.4 is 4.74 Å². The van der Waals surface area contributed by atoms with Gasteiger partial charge in [-0.15, -0.1) is 0 Å². The van der Waals surface area contributed by atoms with Crippen molar-refractivity contribution >= 4 is 11.7 Å². The first-order chi connectivity index (χ1) is 15.0. The molecule has 1 amide bonds. The molecule has 0 radical (unpaired) electrons. The van der Waals surface area contributed by atoms with Crippen LogP contribution in [0.15, 0.2) is 36.7 Å². The minimum atomic E-state index is -0.438. The van der Waals surface area contributed by atoms with Crippen molar-refractivity contribution in [3.05, 3.63) is 53.7 Å². The van der Waals surface area contributed by atoms with Crippen LogP contribution in [0, 0.1) is 11.7 Å². The quantitative estimate of drug-likeness (QED) is 0.699. The van der Waals surface area contributed by atoms with Crippen LogP contribution in [0.3, 0.4) is 0 Å². The zero-order valence-electron chi connectivity index (χ0n) is 17.0. The lowest BCUT2D eigenvalue weighted by Gasteiger charge is -2.37. The number of H-pyrrole nitrogens is 1. The molecular formula is C22H22FN5O3. The van der Waals surface area contributed by atoms with Crippen LogP contribution in [0.5, 0.6) is 5.75 Å². The normalized spacial score (nSPS) is 19.2. The summed E-state index contributed by atoms with van der Waals surface area (Å²) < 4.78 is 21.1. The molecule has 1 fully saturated rings.